The van der Waals surface area contributed by atoms with Gasteiger partial charge in [0.15, 0.2) is 0 Å². The Balaban J connectivity index is 1.45. The van der Waals surface area contributed by atoms with Crippen LogP contribution in [0.2, 0.25) is 0 Å². The van der Waals surface area contributed by atoms with Gasteiger partial charge in [-0.05, 0) is 82.4 Å². The third-order valence-electron chi connectivity index (χ3n) is 6.42. The number of hydrogen-bond acceptors (Lipinski definition) is 3. The van der Waals surface area contributed by atoms with Crippen LogP contribution in [-0.4, -0.2) is 28.7 Å². The molecule has 4 heteroatoms. The fourth-order valence-corrected chi connectivity index (χ4v) is 5.26. The third-order valence-corrected chi connectivity index (χ3v) is 6.42. The molecule has 0 radical (unpaired) electrons. The predicted octanol–water partition coefficient (Wildman–Crippen LogP) is 5.11. The first-order valence-electron chi connectivity index (χ1n) is 10.8. The van der Waals surface area contributed by atoms with E-state index in [9.17, 15) is 4.79 Å². The highest BCUT2D eigenvalue weighted by Gasteiger charge is 2.36. The lowest BCUT2D eigenvalue weighted by Gasteiger charge is -2.35. The maximum atomic E-state index is 12.2. The Hall–Kier alpha value is -1.55. The summed E-state index contributed by atoms with van der Waals surface area (Å²) in [4.78, 5) is 15.0. The van der Waals surface area contributed by atoms with Crippen LogP contribution in [0, 0.1) is 0 Å². The number of alkyl carbamates (subject to hydrolysis) is 1. The lowest BCUT2D eigenvalue weighted by atomic mass is 9.86. The molecule has 0 aromatic heterocycles. The van der Waals surface area contributed by atoms with E-state index in [1.54, 1.807) is 0 Å². The minimum absolute atomic E-state index is 0.0730. The average Bonchev–Trinajstić information content (AvgIpc) is 2.81. The second-order valence-electron chi connectivity index (χ2n) is 9.61. The van der Waals surface area contributed by atoms with E-state index < -0.39 is 5.60 Å². The maximum Gasteiger partial charge on any atom is 0.408 e. The first-order valence-corrected chi connectivity index (χ1v) is 10.8. The lowest BCUT2D eigenvalue weighted by Crippen LogP contribution is -2.39. The van der Waals surface area contributed by atoms with Gasteiger partial charge in [-0.25, -0.2) is 4.79 Å². The monoisotopic (exact) mass is 370 g/mol. The molecule has 4 nitrogen and oxygen atoms in total. The van der Waals surface area contributed by atoms with Crippen LogP contribution in [0.15, 0.2) is 18.2 Å². The van der Waals surface area contributed by atoms with Gasteiger partial charge in [0.05, 0.1) is 6.04 Å². The van der Waals surface area contributed by atoms with Crippen molar-refractivity contribution in [2.45, 2.75) is 102 Å². The van der Waals surface area contributed by atoms with E-state index in [4.69, 9.17) is 4.74 Å². The van der Waals surface area contributed by atoms with Crippen molar-refractivity contribution in [3.8, 4) is 0 Å². The van der Waals surface area contributed by atoms with Gasteiger partial charge in [0, 0.05) is 18.6 Å². The summed E-state index contributed by atoms with van der Waals surface area (Å²) in [6.45, 7) is 6.80. The first kappa shape index (κ1) is 18.8. The molecule has 4 rings (SSSR count). The second kappa shape index (κ2) is 7.46. The molecule has 2 saturated heterocycles. The molecule has 3 unspecified atom stereocenters. The van der Waals surface area contributed by atoms with Crippen LogP contribution < -0.4 is 5.32 Å². The Labute approximate surface area is 163 Å². The Bertz CT molecular complexity index is 678. The number of benzene rings is 1. The van der Waals surface area contributed by atoms with Gasteiger partial charge < -0.3 is 10.1 Å². The van der Waals surface area contributed by atoms with Crippen LogP contribution in [0.1, 0.15) is 88.4 Å². The van der Waals surface area contributed by atoms with Crippen LogP contribution in [0.5, 0.6) is 0 Å². The standard InChI is InChI=1S/C23H34N2O2/c1-23(2,3)27-22(26)24-21-9-4-6-17-14-16(10-13-20(17)21)15-25-18-7-5-8-19(25)12-11-18/h10,13-14,18-19,21H,4-9,11-12,15H2,1-3H3,(H,24,26). The van der Waals surface area contributed by atoms with E-state index in [0.717, 1.165) is 37.9 Å². The van der Waals surface area contributed by atoms with Crippen molar-refractivity contribution >= 4 is 6.09 Å². The molecule has 27 heavy (non-hydrogen) atoms. The number of nitrogens with zero attached hydrogens (tertiary/aromatic N) is 1. The van der Waals surface area contributed by atoms with Gasteiger partial charge in [-0.15, -0.1) is 0 Å². The van der Waals surface area contributed by atoms with Crippen molar-refractivity contribution < 1.29 is 9.53 Å². The molecule has 1 aromatic rings. The molecule has 2 bridgehead atoms. The average molecular weight is 371 g/mol. The molecule has 2 fully saturated rings. The predicted molar refractivity (Wildman–Crippen MR) is 108 cm³/mol. The Morgan fingerprint density at radius 1 is 1.11 bits per heavy atom. The number of piperidine rings is 1. The van der Waals surface area contributed by atoms with Crippen molar-refractivity contribution in [2.75, 3.05) is 0 Å². The van der Waals surface area contributed by atoms with Gasteiger partial charge in [0.1, 0.15) is 5.60 Å². The maximum absolute atomic E-state index is 12.2. The molecule has 1 aliphatic carbocycles. The molecule has 1 aromatic carbocycles. The fourth-order valence-electron chi connectivity index (χ4n) is 5.26. The van der Waals surface area contributed by atoms with E-state index in [1.807, 2.05) is 20.8 Å². The zero-order valence-electron chi connectivity index (χ0n) is 17.1. The number of carbonyl (C=O) groups excluding carboxylic acids is 1. The van der Waals surface area contributed by atoms with Crippen molar-refractivity contribution in [1.29, 1.82) is 0 Å². The third kappa shape index (κ3) is 4.31. The van der Waals surface area contributed by atoms with Crippen LogP contribution in [0.3, 0.4) is 0 Å². The SMILES string of the molecule is CC(C)(C)OC(=O)NC1CCCc2cc(CN3C4CCCC3CC4)ccc21. The molecule has 3 aliphatic rings. The van der Waals surface area contributed by atoms with Crippen molar-refractivity contribution in [3.05, 3.63) is 34.9 Å². The van der Waals surface area contributed by atoms with Crippen LogP contribution in [-0.2, 0) is 17.7 Å². The number of carbonyl (C=O) groups is 1. The van der Waals surface area contributed by atoms with E-state index in [0.29, 0.717) is 0 Å². The van der Waals surface area contributed by atoms with Gasteiger partial charge >= 0.3 is 6.09 Å². The number of nitrogens with one attached hydrogen (secondary N) is 1. The van der Waals surface area contributed by atoms with Crippen molar-refractivity contribution in [1.82, 2.24) is 10.2 Å². The number of rotatable bonds is 3. The van der Waals surface area contributed by atoms with Gasteiger partial charge in [-0.2, -0.15) is 0 Å². The molecule has 3 atom stereocenters. The minimum atomic E-state index is -0.459. The molecule has 0 saturated carbocycles. The first-order chi connectivity index (χ1) is 12.9. The molecule has 1 N–H and O–H groups in total. The summed E-state index contributed by atoms with van der Waals surface area (Å²) < 4.78 is 5.45. The number of aryl methyl sites for hydroxylation is 1. The summed E-state index contributed by atoms with van der Waals surface area (Å²) in [5.41, 5.74) is 3.66. The largest absolute Gasteiger partial charge is 0.444 e. The molecule has 2 aliphatic heterocycles. The zero-order chi connectivity index (χ0) is 19.0. The van der Waals surface area contributed by atoms with E-state index >= 15 is 0 Å². The van der Waals surface area contributed by atoms with Crippen LogP contribution >= 0.6 is 0 Å². The Morgan fingerprint density at radius 3 is 2.56 bits per heavy atom. The summed E-state index contributed by atoms with van der Waals surface area (Å²) in [5.74, 6) is 0. The summed E-state index contributed by atoms with van der Waals surface area (Å²) in [5, 5.41) is 3.08. The fraction of sp³-hybridized carbons (Fsp3) is 0.696. The lowest BCUT2D eigenvalue weighted by molar-refractivity contribution is 0.0498. The number of fused-ring (bicyclic) bond motifs is 3. The Kier molecular flexibility index (Phi) is 5.19. The zero-order valence-corrected chi connectivity index (χ0v) is 17.1. The highest BCUT2D eigenvalue weighted by atomic mass is 16.6. The van der Waals surface area contributed by atoms with Gasteiger partial charge in [-0.3, -0.25) is 4.90 Å². The molecular formula is C23H34N2O2. The molecular weight excluding hydrogens is 336 g/mol. The van der Waals surface area contributed by atoms with Gasteiger partial charge in [0.25, 0.3) is 0 Å². The topological polar surface area (TPSA) is 41.6 Å². The highest BCUT2D eigenvalue weighted by Crippen LogP contribution is 2.37. The molecule has 2 heterocycles. The number of amides is 1. The summed E-state index contributed by atoms with van der Waals surface area (Å²) in [6, 6.07) is 8.61. The van der Waals surface area contributed by atoms with Gasteiger partial charge in [0.2, 0.25) is 0 Å². The molecule has 148 valence electrons. The second-order valence-corrected chi connectivity index (χ2v) is 9.61. The summed E-state index contributed by atoms with van der Waals surface area (Å²) in [6.07, 6.45) is 9.85. The summed E-state index contributed by atoms with van der Waals surface area (Å²) >= 11 is 0. The molecule has 1 amide bonds. The van der Waals surface area contributed by atoms with Crippen LogP contribution in [0.4, 0.5) is 4.79 Å². The van der Waals surface area contributed by atoms with E-state index in [-0.39, 0.29) is 12.1 Å². The smallest absolute Gasteiger partial charge is 0.408 e. The Morgan fingerprint density at radius 2 is 1.85 bits per heavy atom. The van der Waals surface area contributed by atoms with E-state index in [2.05, 4.69) is 28.4 Å². The minimum Gasteiger partial charge on any atom is -0.444 e. The summed E-state index contributed by atoms with van der Waals surface area (Å²) in [7, 11) is 0. The number of ether oxygens (including phenoxy) is 1. The van der Waals surface area contributed by atoms with E-state index in [1.165, 1.54) is 48.8 Å². The quantitative estimate of drug-likeness (QED) is 0.804. The highest BCUT2D eigenvalue weighted by molar-refractivity contribution is 5.68. The normalized spacial score (nSPS) is 27.9. The van der Waals surface area contributed by atoms with Crippen molar-refractivity contribution in [3.63, 3.8) is 0 Å². The molecule has 0 spiro atoms. The van der Waals surface area contributed by atoms with Crippen LogP contribution in [0.25, 0.3) is 0 Å². The van der Waals surface area contributed by atoms with Crippen molar-refractivity contribution in [2.24, 2.45) is 0 Å². The number of hydrogen-bond donors (Lipinski definition) is 1. The van der Waals surface area contributed by atoms with Gasteiger partial charge in [-0.1, -0.05) is 24.6 Å².